The SMILES string of the molecule is CCCCC1CN(CC2CCCCC2)C(=O)OC12CCN(C1CCN(C(=O)c3c(F)ccc(F)c3Cl)CC1)CC2. The molecule has 1 aromatic rings. The molecule has 0 bridgehead atoms. The number of carbonyl (C=O) groups excluding carboxylic acids is 2. The molecule has 2 amide bonds. The van der Waals surface area contributed by atoms with E-state index in [0.717, 1.165) is 83.3 Å². The van der Waals surface area contributed by atoms with Crippen molar-refractivity contribution >= 4 is 23.6 Å². The van der Waals surface area contributed by atoms with E-state index in [4.69, 9.17) is 16.3 Å². The van der Waals surface area contributed by atoms with Gasteiger partial charge in [-0.1, -0.05) is 50.6 Å². The van der Waals surface area contributed by atoms with E-state index in [1.54, 1.807) is 4.90 Å². The molecule has 0 aromatic heterocycles. The number of amides is 2. The lowest BCUT2D eigenvalue weighted by atomic mass is 9.75. The fraction of sp³-hybridized carbons (Fsp3) is 0.742. The highest BCUT2D eigenvalue weighted by atomic mass is 35.5. The van der Waals surface area contributed by atoms with E-state index in [0.29, 0.717) is 31.0 Å². The summed E-state index contributed by atoms with van der Waals surface area (Å²) in [5.41, 5.74) is -0.761. The van der Waals surface area contributed by atoms with Crippen LogP contribution >= 0.6 is 11.6 Å². The van der Waals surface area contributed by atoms with E-state index in [2.05, 4.69) is 11.8 Å². The molecule has 222 valence electrons. The number of halogens is 3. The summed E-state index contributed by atoms with van der Waals surface area (Å²) in [6, 6.07) is 2.20. The fourth-order valence-electron chi connectivity index (χ4n) is 7.56. The molecule has 3 heterocycles. The maximum atomic E-state index is 14.3. The average molecular weight is 580 g/mol. The van der Waals surface area contributed by atoms with Crippen LogP contribution in [0, 0.1) is 23.5 Å². The Labute approximate surface area is 242 Å². The molecule has 3 saturated heterocycles. The number of ether oxygens (including phenoxy) is 1. The van der Waals surface area contributed by atoms with Gasteiger partial charge in [-0.15, -0.1) is 0 Å². The first-order valence-electron chi connectivity index (χ1n) is 15.5. The van der Waals surface area contributed by atoms with Crippen LogP contribution in [0.1, 0.15) is 94.3 Å². The second-order valence-electron chi connectivity index (χ2n) is 12.5. The highest BCUT2D eigenvalue weighted by Gasteiger charge is 2.50. The summed E-state index contributed by atoms with van der Waals surface area (Å²) in [7, 11) is 0. The quantitative estimate of drug-likeness (QED) is 0.330. The van der Waals surface area contributed by atoms with Crippen molar-refractivity contribution in [2.75, 3.05) is 39.3 Å². The smallest absolute Gasteiger partial charge is 0.410 e. The number of hydrogen-bond donors (Lipinski definition) is 0. The van der Waals surface area contributed by atoms with Crippen molar-refractivity contribution in [1.29, 1.82) is 0 Å². The van der Waals surface area contributed by atoms with Crippen molar-refractivity contribution in [3.63, 3.8) is 0 Å². The number of carbonyl (C=O) groups is 2. The lowest BCUT2D eigenvalue weighted by Gasteiger charge is -2.52. The number of rotatable bonds is 7. The molecule has 1 unspecified atom stereocenters. The summed E-state index contributed by atoms with van der Waals surface area (Å²) in [5, 5.41) is -0.453. The van der Waals surface area contributed by atoms with Gasteiger partial charge < -0.3 is 14.5 Å². The maximum absolute atomic E-state index is 14.3. The Bertz CT molecular complexity index is 1050. The van der Waals surface area contributed by atoms with Crippen LogP contribution in [-0.2, 0) is 4.74 Å². The first kappa shape index (κ1) is 29.6. The van der Waals surface area contributed by atoms with Gasteiger partial charge in [0.2, 0.25) is 0 Å². The van der Waals surface area contributed by atoms with Crippen molar-refractivity contribution in [2.24, 2.45) is 11.8 Å². The van der Waals surface area contributed by atoms with Gasteiger partial charge in [-0.05, 0) is 50.2 Å². The Morgan fingerprint density at radius 1 is 1.02 bits per heavy atom. The molecular weight excluding hydrogens is 536 g/mol. The van der Waals surface area contributed by atoms with E-state index in [1.165, 1.54) is 32.1 Å². The summed E-state index contributed by atoms with van der Waals surface area (Å²) in [4.78, 5) is 32.2. The first-order valence-corrected chi connectivity index (χ1v) is 15.8. The Balaban J connectivity index is 1.17. The van der Waals surface area contributed by atoms with Crippen molar-refractivity contribution < 1.29 is 23.1 Å². The van der Waals surface area contributed by atoms with E-state index >= 15 is 0 Å². The lowest BCUT2D eigenvalue weighted by molar-refractivity contribution is -0.127. The van der Waals surface area contributed by atoms with Gasteiger partial charge in [0.05, 0.1) is 10.6 Å². The topological polar surface area (TPSA) is 53.1 Å². The summed E-state index contributed by atoms with van der Waals surface area (Å²) in [6.45, 7) is 6.55. The number of piperidine rings is 2. The van der Waals surface area contributed by atoms with Gasteiger partial charge in [0.25, 0.3) is 5.91 Å². The lowest BCUT2D eigenvalue weighted by Crippen LogP contribution is -2.61. The minimum atomic E-state index is -0.795. The van der Waals surface area contributed by atoms with E-state index in [9.17, 15) is 18.4 Å². The summed E-state index contributed by atoms with van der Waals surface area (Å²) >= 11 is 5.94. The van der Waals surface area contributed by atoms with Crippen LogP contribution in [0.4, 0.5) is 13.6 Å². The van der Waals surface area contributed by atoms with Crippen molar-refractivity contribution in [3.05, 3.63) is 34.4 Å². The third kappa shape index (κ3) is 6.28. The Kier molecular flexibility index (Phi) is 9.56. The zero-order valence-corrected chi connectivity index (χ0v) is 24.6. The van der Waals surface area contributed by atoms with Crippen molar-refractivity contribution in [1.82, 2.24) is 14.7 Å². The predicted molar refractivity (Wildman–Crippen MR) is 151 cm³/mol. The summed E-state index contributed by atoms with van der Waals surface area (Å²) < 4.78 is 34.6. The highest BCUT2D eigenvalue weighted by molar-refractivity contribution is 6.34. The van der Waals surface area contributed by atoms with Gasteiger partial charge in [0.15, 0.2) is 0 Å². The molecule has 6 nitrogen and oxygen atoms in total. The number of likely N-dealkylation sites (tertiary alicyclic amines) is 2. The molecule has 0 N–H and O–H groups in total. The summed E-state index contributed by atoms with van der Waals surface area (Å²) in [5.74, 6) is -1.17. The van der Waals surface area contributed by atoms with Crippen LogP contribution < -0.4 is 0 Å². The van der Waals surface area contributed by atoms with Crippen LogP contribution in [0.2, 0.25) is 5.02 Å². The van der Waals surface area contributed by atoms with Gasteiger partial charge in [-0.2, -0.15) is 0 Å². The van der Waals surface area contributed by atoms with E-state index in [-0.39, 0.29) is 17.3 Å². The number of nitrogens with zero attached hydrogens (tertiary/aromatic N) is 3. The monoisotopic (exact) mass is 579 g/mol. The number of hydrogen-bond acceptors (Lipinski definition) is 4. The molecule has 0 radical (unpaired) electrons. The van der Waals surface area contributed by atoms with Crippen LogP contribution in [-0.4, -0.2) is 77.6 Å². The molecule has 4 fully saturated rings. The minimum absolute atomic E-state index is 0.123. The number of benzene rings is 1. The van der Waals surface area contributed by atoms with Gasteiger partial charge in [0, 0.05) is 64.1 Å². The van der Waals surface area contributed by atoms with Gasteiger partial charge in [0.1, 0.15) is 17.2 Å². The first-order chi connectivity index (χ1) is 19.3. The molecule has 1 saturated carbocycles. The third-order valence-electron chi connectivity index (χ3n) is 10.0. The molecule has 1 aliphatic carbocycles. The normalized spacial score (nSPS) is 24.9. The van der Waals surface area contributed by atoms with Crippen LogP contribution in [0.5, 0.6) is 0 Å². The molecule has 3 aliphatic heterocycles. The Morgan fingerprint density at radius 2 is 1.70 bits per heavy atom. The van der Waals surface area contributed by atoms with E-state index < -0.39 is 22.6 Å². The number of unbranched alkanes of at least 4 members (excludes halogenated alkanes) is 1. The average Bonchev–Trinajstić information content (AvgIpc) is 2.97. The Hall–Kier alpha value is -1.93. The Morgan fingerprint density at radius 3 is 2.38 bits per heavy atom. The maximum Gasteiger partial charge on any atom is 0.410 e. The second-order valence-corrected chi connectivity index (χ2v) is 12.8. The zero-order valence-electron chi connectivity index (χ0n) is 23.8. The molecule has 5 rings (SSSR count). The molecular formula is C31H44ClF2N3O3. The highest BCUT2D eigenvalue weighted by Crippen LogP contribution is 2.42. The molecule has 4 aliphatic rings. The fourth-order valence-corrected chi connectivity index (χ4v) is 7.79. The minimum Gasteiger partial charge on any atom is -0.442 e. The molecule has 40 heavy (non-hydrogen) atoms. The van der Waals surface area contributed by atoms with Crippen molar-refractivity contribution in [2.45, 2.75) is 95.6 Å². The molecule has 9 heteroatoms. The molecule has 1 atom stereocenters. The van der Waals surface area contributed by atoms with Gasteiger partial charge in [-0.3, -0.25) is 9.69 Å². The zero-order chi connectivity index (χ0) is 28.3. The van der Waals surface area contributed by atoms with Crippen LogP contribution in [0.3, 0.4) is 0 Å². The van der Waals surface area contributed by atoms with Crippen molar-refractivity contribution in [3.8, 4) is 0 Å². The second kappa shape index (κ2) is 12.9. The van der Waals surface area contributed by atoms with Crippen LogP contribution in [0.25, 0.3) is 0 Å². The standard InChI is InChI=1S/C31H44ClF2N3O3/c1-2-3-9-23-21-37(20-22-7-5-4-6-8-22)30(39)40-31(23)14-18-35(19-15-31)24-12-16-36(17-13-24)29(38)27-25(33)10-11-26(34)28(27)32/h10-11,22-24H,2-9,12-21H2,1H3. The third-order valence-corrected chi connectivity index (χ3v) is 10.4. The van der Waals surface area contributed by atoms with Gasteiger partial charge in [-0.25, -0.2) is 13.6 Å². The molecule has 1 spiro atoms. The molecule has 1 aromatic carbocycles. The predicted octanol–water partition coefficient (Wildman–Crippen LogP) is 6.90. The summed E-state index contributed by atoms with van der Waals surface area (Å²) in [6.07, 6.45) is 12.8. The largest absolute Gasteiger partial charge is 0.442 e. The van der Waals surface area contributed by atoms with Crippen LogP contribution in [0.15, 0.2) is 12.1 Å². The van der Waals surface area contributed by atoms with E-state index in [1.807, 2.05) is 4.90 Å². The van der Waals surface area contributed by atoms with Gasteiger partial charge >= 0.3 is 6.09 Å².